The molecular formula is C26H33N3O4S. The van der Waals surface area contributed by atoms with Gasteiger partial charge in [-0.15, -0.1) is 0 Å². The minimum absolute atomic E-state index is 0.0278. The van der Waals surface area contributed by atoms with E-state index in [0.717, 1.165) is 25.7 Å². The maximum absolute atomic E-state index is 13.2. The maximum Gasteiger partial charge on any atom is 0.254 e. The topological polar surface area (TPSA) is 78.0 Å². The van der Waals surface area contributed by atoms with Gasteiger partial charge in [0.2, 0.25) is 10.0 Å². The van der Waals surface area contributed by atoms with E-state index >= 15 is 0 Å². The van der Waals surface area contributed by atoms with Crippen molar-refractivity contribution < 1.29 is 18.0 Å². The van der Waals surface area contributed by atoms with Crippen molar-refractivity contribution in [3.63, 3.8) is 0 Å². The zero-order chi connectivity index (χ0) is 24.3. The van der Waals surface area contributed by atoms with Crippen molar-refractivity contribution in [1.29, 1.82) is 0 Å². The van der Waals surface area contributed by atoms with E-state index in [2.05, 4.69) is 6.92 Å². The summed E-state index contributed by atoms with van der Waals surface area (Å²) in [6.07, 6.45) is 3.70. The molecule has 0 N–H and O–H groups in total. The Bertz CT molecular complexity index is 1150. The fourth-order valence-corrected chi connectivity index (χ4v) is 6.38. The number of carbonyl (C=O) groups is 2. The molecule has 8 heteroatoms. The summed E-state index contributed by atoms with van der Waals surface area (Å²) < 4.78 is 28.0. The van der Waals surface area contributed by atoms with Crippen LogP contribution in [0.25, 0.3) is 0 Å². The number of hydrogen-bond donors (Lipinski definition) is 0. The van der Waals surface area contributed by atoms with Crippen molar-refractivity contribution in [2.45, 2.75) is 44.4 Å². The van der Waals surface area contributed by atoms with Crippen molar-refractivity contribution in [1.82, 2.24) is 14.1 Å². The molecule has 182 valence electrons. The van der Waals surface area contributed by atoms with Crippen LogP contribution in [0.1, 0.15) is 58.0 Å². The standard InChI is InChI=1S/C26H33N3O4S/c1-3-21-8-11-22(12-9-21)25(30)27-15-17-28(18-16-27)26(31)23-10-7-20(2)24(19-23)34(32,33)29-13-5-4-6-14-29/h7-12,19H,3-6,13-18H2,1-2H3. The van der Waals surface area contributed by atoms with Crippen molar-refractivity contribution in [3.05, 3.63) is 64.7 Å². The second-order valence-electron chi connectivity index (χ2n) is 9.08. The summed E-state index contributed by atoms with van der Waals surface area (Å²) in [7, 11) is -3.63. The number of carbonyl (C=O) groups excluding carboxylic acids is 2. The summed E-state index contributed by atoms with van der Waals surface area (Å²) >= 11 is 0. The highest BCUT2D eigenvalue weighted by Crippen LogP contribution is 2.25. The summed E-state index contributed by atoms with van der Waals surface area (Å²) in [5, 5.41) is 0. The fourth-order valence-electron chi connectivity index (χ4n) is 4.62. The lowest BCUT2D eigenvalue weighted by Crippen LogP contribution is -2.50. The smallest absolute Gasteiger partial charge is 0.254 e. The first-order valence-corrected chi connectivity index (χ1v) is 13.5. The van der Waals surface area contributed by atoms with E-state index in [0.29, 0.717) is 56.0 Å². The molecule has 2 aromatic rings. The zero-order valence-corrected chi connectivity index (χ0v) is 20.8. The van der Waals surface area contributed by atoms with E-state index in [4.69, 9.17) is 0 Å². The molecule has 0 radical (unpaired) electrons. The third kappa shape index (κ3) is 5.03. The van der Waals surface area contributed by atoms with Gasteiger partial charge in [-0.05, 0) is 61.6 Å². The first kappa shape index (κ1) is 24.4. The van der Waals surface area contributed by atoms with E-state index in [1.54, 1.807) is 28.9 Å². The first-order valence-electron chi connectivity index (χ1n) is 12.1. The molecule has 2 amide bonds. The predicted octanol–water partition coefficient (Wildman–Crippen LogP) is 3.33. The molecule has 2 aromatic carbocycles. The van der Waals surface area contributed by atoms with E-state index in [9.17, 15) is 18.0 Å². The Morgan fingerprint density at radius 1 is 0.765 bits per heavy atom. The SMILES string of the molecule is CCc1ccc(C(=O)N2CCN(C(=O)c3ccc(C)c(S(=O)(=O)N4CCCCC4)c3)CC2)cc1. The number of sulfonamides is 1. The van der Waals surface area contributed by atoms with Crippen molar-refractivity contribution in [3.8, 4) is 0 Å². The summed E-state index contributed by atoms with van der Waals surface area (Å²) in [4.78, 5) is 29.7. The lowest BCUT2D eigenvalue weighted by atomic mass is 10.1. The van der Waals surface area contributed by atoms with Crippen LogP contribution in [-0.4, -0.2) is 73.6 Å². The Morgan fingerprint density at radius 3 is 1.85 bits per heavy atom. The second-order valence-corrected chi connectivity index (χ2v) is 11.0. The van der Waals surface area contributed by atoms with Crippen LogP contribution in [-0.2, 0) is 16.4 Å². The van der Waals surface area contributed by atoms with Gasteiger partial charge in [0.05, 0.1) is 4.90 Å². The van der Waals surface area contributed by atoms with Crippen LogP contribution >= 0.6 is 0 Å². The molecule has 0 aromatic heterocycles. The fraction of sp³-hybridized carbons (Fsp3) is 0.462. The molecule has 7 nitrogen and oxygen atoms in total. The van der Waals surface area contributed by atoms with Gasteiger partial charge in [0.15, 0.2) is 0 Å². The third-order valence-corrected chi connectivity index (χ3v) is 8.87. The number of piperazine rings is 1. The van der Waals surface area contributed by atoms with Crippen LogP contribution in [0.5, 0.6) is 0 Å². The number of amides is 2. The van der Waals surface area contributed by atoms with Gasteiger partial charge >= 0.3 is 0 Å². The van der Waals surface area contributed by atoms with Gasteiger partial charge in [0, 0.05) is 50.4 Å². The lowest BCUT2D eigenvalue weighted by molar-refractivity contribution is 0.0535. The maximum atomic E-state index is 13.2. The number of benzene rings is 2. The highest BCUT2D eigenvalue weighted by Gasteiger charge is 2.30. The first-order chi connectivity index (χ1) is 16.3. The zero-order valence-electron chi connectivity index (χ0n) is 20.0. The predicted molar refractivity (Wildman–Crippen MR) is 131 cm³/mol. The Labute approximate surface area is 202 Å². The highest BCUT2D eigenvalue weighted by molar-refractivity contribution is 7.89. The molecule has 0 spiro atoms. The quantitative estimate of drug-likeness (QED) is 0.654. The van der Waals surface area contributed by atoms with Gasteiger partial charge in [-0.2, -0.15) is 4.31 Å². The van der Waals surface area contributed by atoms with Crippen molar-refractivity contribution >= 4 is 21.8 Å². The van der Waals surface area contributed by atoms with Crippen LogP contribution in [0.2, 0.25) is 0 Å². The average Bonchev–Trinajstić information content (AvgIpc) is 2.88. The molecule has 2 fully saturated rings. The molecule has 2 heterocycles. The minimum atomic E-state index is -3.63. The minimum Gasteiger partial charge on any atom is -0.335 e. The summed E-state index contributed by atoms with van der Waals surface area (Å²) in [5.74, 6) is -0.227. The number of nitrogens with zero attached hydrogens (tertiary/aromatic N) is 3. The van der Waals surface area contributed by atoms with Gasteiger partial charge < -0.3 is 9.80 Å². The van der Waals surface area contributed by atoms with Crippen LogP contribution in [0.3, 0.4) is 0 Å². The molecule has 2 aliphatic rings. The average molecular weight is 484 g/mol. The molecule has 34 heavy (non-hydrogen) atoms. The Morgan fingerprint density at radius 2 is 1.29 bits per heavy atom. The number of rotatable bonds is 5. The normalized spacial score (nSPS) is 17.6. The molecular weight excluding hydrogens is 450 g/mol. The van der Waals surface area contributed by atoms with E-state index < -0.39 is 10.0 Å². The van der Waals surface area contributed by atoms with Gasteiger partial charge in [-0.3, -0.25) is 9.59 Å². The Hall–Kier alpha value is -2.71. The van der Waals surface area contributed by atoms with E-state index in [1.165, 1.54) is 15.9 Å². The van der Waals surface area contributed by atoms with E-state index in [-0.39, 0.29) is 16.7 Å². The molecule has 0 aliphatic carbocycles. The van der Waals surface area contributed by atoms with E-state index in [1.807, 2.05) is 24.3 Å². The highest BCUT2D eigenvalue weighted by atomic mass is 32.2. The summed E-state index contributed by atoms with van der Waals surface area (Å²) in [6.45, 7) is 6.62. The number of aryl methyl sites for hydroxylation is 2. The molecule has 0 saturated carbocycles. The molecule has 0 atom stereocenters. The van der Waals surface area contributed by atoms with Crippen LogP contribution < -0.4 is 0 Å². The van der Waals surface area contributed by atoms with Gasteiger partial charge in [0.1, 0.15) is 0 Å². The summed E-state index contributed by atoms with van der Waals surface area (Å²) in [6, 6.07) is 12.6. The van der Waals surface area contributed by atoms with Crippen molar-refractivity contribution in [2.75, 3.05) is 39.3 Å². The number of hydrogen-bond acceptors (Lipinski definition) is 4. The number of piperidine rings is 1. The molecule has 0 bridgehead atoms. The Kier molecular flexibility index (Phi) is 7.38. The second kappa shape index (κ2) is 10.3. The van der Waals surface area contributed by atoms with Gasteiger partial charge in [-0.1, -0.05) is 31.5 Å². The largest absolute Gasteiger partial charge is 0.335 e. The monoisotopic (exact) mass is 483 g/mol. The van der Waals surface area contributed by atoms with Crippen molar-refractivity contribution in [2.24, 2.45) is 0 Å². The Balaban J connectivity index is 1.44. The molecule has 0 unspecified atom stereocenters. The molecule has 2 aliphatic heterocycles. The third-order valence-electron chi connectivity index (χ3n) is 6.83. The lowest BCUT2D eigenvalue weighted by Gasteiger charge is -2.35. The van der Waals surface area contributed by atoms with Crippen LogP contribution in [0.15, 0.2) is 47.4 Å². The van der Waals surface area contributed by atoms with Gasteiger partial charge in [-0.25, -0.2) is 8.42 Å². The van der Waals surface area contributed by atoms with Crippen LogP contribution in [0, 0.1) is 6.92 Å². The van der Waals surface area contributed by atoms with Gasteiger partial charge in [0.25, 0.3) is 11.8 Å². The summed E-state index contributed by atoms with van der Waals surface area (Å²) in [5.41, 5.74) is 2.86. The van der Waals surface area contributed by atoms with Crippen LogP contribution in [0.4, 0.5) is 0 Å². The molecule has 2 saturated heterocycles. The molecule has 4 rings (SSSR count).